The van der Waals surface area contributed by atoms with Crippen LogP contribution in [0.2, 0.25) is 5.02 Å². The Kier molecular flexibility index (Phi) is 4.98. The molecule has 1 saturated carbocycles. The predicted molar refractivity (Wildman–Crippen MR) is 114 cm³/mol. The highest BCUT2D eigenvalue weighted by molar-refractivity contribution is 6.32. The highest BCUT2D eigenvalue weighted by Gasteiger charge is 2.26. The van der Waals surface area contributed by atoms with Gasteiger partial charge in [-0.15, -0.1) is 0 Å². The number of pyridine rings is 1. The van der Waals surface area contributed by atoms with Crippen LogP contribution in [-0.4, -0.2) is 15.9 Å². The van der Waals surface area contributed by atoms with Crippen molar-refractivity contribution in [2.24, 2.45) is 5.92 Å². The number of hydrogen-bond acceptors (Lipinski definition) is 4. The molecule has 1 aliphatic rings. The number of rotatable bonds is 4. The van der Waals surface area contributed by atoms with Crippen molar-refractivity contribution in [2.45, 2.75) is 39.0 Å². The summed E-state index contributed by atoms with van der Waals surface area (Å²) in [6.07, 6.45) is 6.36. The van der Waals surface area contributed by atoms with Gasteiger partial charge >= 0.3 is 0 Å². The number of nitrogen functional groups attached to an aromatic ring is 1. The number of carbonyl (C=O) groups is 1. The number of anilines is 1. The van der Waals surface area contributed by atoms with Crippen molar-refractivity contribution >= 4 is 34.0 Å². The molecule has 3 aromatic rings. The lowest BCUT2D eigenvalue weighted by Crippen LogP contribution is -2.14. The summed E-state index contributed by atoms with van der Waals surface area (Å²) < 4.78 is 0. The van der Waals surface area contributed by atoms with Gasteiger partial charge in [0, 0.05) is 17.5 Å². The fourth-order valence-electron chi connectivity index (χ4n) is 4.09. The number of ketones is 1. The van der Waals surface area contributed by atoms with E-state index in [4.69, 9.17) is 17.3 Å². The molecule has 0 atom stereocenters. The summed E-state index contributed by atoms with van der Waals surface area (Å²) in [6, 6.07) is 9.48. The van der Waals surface area contributed by atoms with Crippen LogP contribution >= 0.6 is 11.6 Å². The van der Waals surface area contributed by atoms with Gasteiger partial charge < -0.3 is 10.8 Å². The summed E-state index contributed by atoms with van der Waals surface area (Å²) in [7, 11) is 0. The van der Waals surface area contributed by atoms with Crippen molar-refractivity contribution < 1.29 is 9.90 Å². The zero-order valence-electron chi connectivity index (χ0n) is 15.8. The molecule has 0 amide bonds. The third-order valence-corrected chi connectivity index (χ3v) is 6.05. The molecule has 0 aliphatic heterocycles. The fraction of sp³-hybridized carbons (Fsp3) is 0.304. The summed E-state index contributed by atoms with van der Waals surface area (Å²) in [5.41, 5.74) is 10.8. The van der Waals surface area contributed by atoms with Crippen LogP contribution in [0.25, 0.3) is 22.0 Å². The van der Waals surface area contributed by atoms with E-state index in [1.807, 2.05) is 31.2 Å². The molecule has 3 N–H and O–H groups in total. The molecule has 0 spiro atoms. The Hall–Kier alpha value is -2.59. The Bertz CT molecular complexity index is 1070. The van der Waals surface area contributed by atoms with Gasteiger partial charge in [-0.3, -0.25) is 9.78 Å². The highest BCUT2D eigenvalue weighted by Crippen LogP contribution is 2.36. The van der Waals surface area contributed by atoms with Crippen LogP contribution in [0.3, 0.4) is 0 Å². The van der Waals surface area contributed by atoms with E-state index in [0.29, 0.717) is 22.7 Å². The van der Waals surface area contributed by atoms with Gasteiger partial charge in [-0.25, -0.2) is 0 Å². The second kappa shape index (κ2) is 7.44. The number of Topliss-reactive ketones (excluding diaryl/α,β-unsaturated/α-hetero) is 1. The van der Waals surface area contributed by atoms with E-state index in [1.165, 1.54) is 0 Å². The molecule has 5 heteroatoms. The largest absolute Gasteiger partial charge is 0.506 e. The first-order valence-electron chi connectivity index (χ1n) is 9.73. The number of aryl methyl sites for hydroxylation is 1. The zero-order valence-corrected chi connectivity index (χ0v) is 16.6. The normalized spacial score (nSPS) is 14.6. The van der Waals surface area contributed by atoms with E-state index in [-0.39, 0.29) is 17.5 Å². The Morgan fingerprint density at radius 2 is 1.96 bits per heavy atom. The van der Waals surface area contributed by atoms with E-state index >= 15 is 0 Å². The molecular weight excluding hydrogens is 372 g/mol. The first kappa shape index (κ1) is 18.8. The predicted octanol–water partition coefficient (Wildman–Crippen LogP) is 5.78. The van der Waals surface area contributed by atoms with E-state index < -0.39 is 0 Å². The fourth-order valence-corrected chi connectivity index (χ4v) is 4.33. The maximum Gasteiger partial charge on any atom is 0.169 e. The van der Waals surface area contributed by atoms with Gasteiger partial charge in [0.2, 0.25) is 0 Å². The zero-order chi connectivity index (χ0) is 19.8. The first-order valence-corrected chi connectivity index (χ1v) is 10.1. The summed E-state index contributed by atoms with van der Waals surface area (Å²) in [4.78, 5) is 17.3. The summed E-state index contributed by atoms with van der Waals surface area (Å²) in [5.74, 6) is 0.294. The van der Waals surface area contributed by atoms with Crippen molar-refractivity contribution in [1.82, 2.24) is 4.98 Å². The molecule has 1 heterocycles. The maximum absolute atomic E-state index is 12.9. The number of phenols is 1. The Balaban J connectivity index is 1.81. The molecule has 2 aromatic carbocycles. The summed E-state index contributed by atoms with van der Waals surface area (Å²) in [6.45, 7) is 1.97. The number of benzene rings is 2. The number of carbonyl (C=O) groups excluding carboxylic acids is 1. The van der Waals surface area contributed by atoms with Crippen LogP contribution in [0.15, 0.2) is 36.5 Å². The average Bonchev–Trinajstić information content (AvgIpc) is 3.24. The second-order valence-corrected chi connectivity index (χ2v) is 7.89. The second-order valence-electron chi connectivity index (χ2n) is 7.48. The number of phenolic OH excluding ortho intramolecular Hbond substituents is 1. The minimum atomic E-state index is 0.0627. The van der Waals surface area contributed by atoms with Crippen LogP contribution in [0.5, 0.6) is 5.75 Å². The van der Waals surface area contributed by atoms with Crippen molar-refractivity contribution in [3.05, 3.63) is 52.7 Å². The summed E-state index contributed by atoms with van der Waals surface area (Å²) in [5, 5.41) is 11.2. The molecule has 0 radical (unpaired) electrons. The van der Waals surface area contributed by atoms with Gasteiger partial charge in [-0.2, -0.15) is 0 Å². The number of aromatic nitrogens is 1. The van der Waals surface area contributed by atoms with Gasteiger partial charge in [0.15, 0.2) is 5.78 Å². The smallest absolute Gasteiger partial charge is 0.169 e. The first-order chi connectivity index (χ1) is 13.5. The van der Waals surface area contributed by atoms with Crippen molar-refractivity contribution in [3.8, 4) is 16.9 Å². The van der Waals surface area contributed by atoms with E-state index in [9.17, 15) is 9.90 Å². The minimum Gasteiger partial charge on any atom is -0.506 e. The number of halogens is 1. The van der Waals surface area contributed by atoms with Crippen LogP contribution in [0, 0.1) is 5.92 Å². The molecule has 1 aliphatic carbocycles. The number of nitrogens with two attached hydrogens (primary N) is 1. The topological polar surface area (TPSA) is 76.2 Å². The molecular formula is C23H23ClN2O2. The molecule has 0 bridgehead atoms. The number of nitrogens with zero attached hydrogens (tertiary/aromatic N) is 1. The van der Waals surface area contributed by atoms with E-state index in [2.05, 4.69) is 4.98 Å². The van der Waals surface area contributed by atoms with Gasteiger partial charge in [0.25, 0.3) is 0 Å². The van der Waals surface area contributed by atoms with Crippen molar-refractivity contribution in [1.29, 1.82) is 0 Å². The standard InChI is InChI=1S/C23H23ClN2O2/c1-2-13-9-16(11-19(24)23(13)28)15-7-8-20-17(10-15)21(25)18(12-26-20)22(27)14-5-3-4-6-14/h7-12,14,28H,2-6H2,1H3,(H2,25,26). The maximum atomic E-state index is 12.9. The SMILES string of the molecule is CCc1cc(-c2ccc3ncc(C(=O)C4CCCC4)c(N)c3c2)cc(Cl)c1O. The molecule has 4 rings (SSSR count). The van der Waals surface area contributed by atoms with Gasteiger partial charge in [-0.05, 0) is 60.2 Å². The van der Waals surface area contributed by atoms with Crippen molar-refractivity contribution in [2.75, 3.05) is 5.73 Å². The third kappa shape index (κ3) is 3.22. The molecule has 4 nitrogen and oxygen atoms in total. The third-order valence-electron chi connectivity index (χ3n) is 5.76. The van der Waals surface area contributed by atoms with Gasteiger partial charge in [0.1, 0.15) is 5.75 Å². The van der Waals surface area contributed by atoms with Crippen LogP contribution < -0.4 is 5.73 Å². The highest BCUT2D eigenvalue weighted by atomic mass is 35.5. The molecule has 0 unspecified atom stereocenters. The van der Waals surface area contributed by atoms with E-state index in [0.717, 1.165) is 53.3 Å². The van der Waals surface area contributed by atoms with Crippen LogP contribution in [0.4, 0.5) is 5.69 Å². The minimum absolute atomic E-state index is 0.0627. The van der Waals surface area contributed by atoms with Gasteiger partial charge in [0.05, 0.1) is 21.8 Å². The number of aromatic hydroxyl groups is 1. The lowest BCUT2D eigenvalue weighted by atomic mass is 9.94. The van der Waals surface area contributed by atoms with Crippen molar-refractivity contribution in [3.63, 3.8) is 0 Å². The number of fused-ring (bicyclic) bond motifs is 1. The van der Waals surface area contributed by atoms with Crippen LogP contribution in [-0.2, 0) is 6.42 Å². The molecule has 1 fully saturated rings. The average molecular weight is 395 g/mol. The Morgan fingerprint density at radius 3 is 2.68 bits per heavy atom. The number of hydrogen-bond donors (Lipinski definition) is 2. The summed E-state index contributed by atoms with van der Waals surface area (Å²) >= 11 is 6.20. The molecule has 144 valence electrons. The monoisotopic (exact) mass is 394 g/mol. The molecule has 1 aromatic heterocycles. The lowest BCUT2D eigenvalue weighted by molar-refractivity contribution is 0.0923. The van der Waals surface area contributed by atoms with E-state index in [1.54, 1.807) is 12.3 Å². The molecule has 0 saturated heterocycles. The lowest BCUT2D eigenvalue weighted by Gasteiger charge is -2.13. The van der Waals surface area contributed by atoms with Crippen LogP contribution in [0.1, 0.15) is 48.5 Å². The Labute approximate surface area is 169 Å². The quantitative estimate of drug-likeness (QED) is 0.550. The molecule has 28 heavy (non-hydrogen) atoms. The van der Waals surface area contributed by atoms with Gasteiger partial charge in [-0.1, -0.05) is 37.4 Å². The Morgan fingerprint density at radius 1 is 1.21 bits per heavy atom.